The summed E-state index contributed by atoms with van der Waals surface area (Å²) in [6, 6.07) is 21.9. The predicted octanol–water partition coefficient (Wildman–Crippen LogP) is 5.04. The van der Waals surface area contributed by atoms with E-state index in [1.54, 1.807) is 66.7 Å². The first-order valence-corrected chi connectivity index (χ1v) is 11.1. The lowest BCUT2D eigenvalue weighted by atomic mass is 10.1. The molecule has 0 spiro atoms. The van der Waals surface area contributed by atoms with Crippen LogP contribution in [0.25, 0.3) is 22.5 Å². The highest BCUT2D eigenvalue weighted by Gasteiger charge is 2.22. The number of nitrogens with zero attached hydrogens (tertiary/aromatic N) is 2. The Labute approximate surface area is 183 Å². The van der Waals surface area contributed by atoms with Crippen molar-refractivity contribution in [2.45, 2.75) is 4.90 Å². The monoisotopic (exact) mass is 458 g/mol. The molecule has 0 atom stereocenters. The Morgan fingerprint density at radius 3 is 1.90 bits per heavy atom. The average Bonchev–Trinajstić information content (AvgIpc) is 3.05. The topological polar surface area (TPSA) is 90.0 Å². The fourth-order valence-corrected chi connectivity index (χ4v) is 4.20. The molecule has 4 rings (SSSR count). The van der Waals surface area contributed by atoms with Gasteiger partial charge in [-0.25, -0.2) is 0 Å². The van der Waals surface area contributed by atoms with Gasteiger partial charge in [0.25, 0.3) is 10.0 Å². The van der Waals surface area contributed by atoms with Crippen molar-refractivity contribution in [1.82, 2.24) is 9.89 Å². The molecule has 1 heterocycles. The van der Waals surface area contributed by atoms with Crippen molar-refractivity contribution in [3.63, 3.8) is 0 Å². The molecule has 0 bridgehead atoms. The quantitative estimate of drug-likeness (QED) is 0.438. The van der Waals surface area contributed by atoms with Crippen LogP contribution in [-0.2, 0) is 10.0 Å². The Kier molecular flexibility index (Phi) is 5.42. The van der Waals surface area contributed by atoms with Crippen LogP contribution in [0.3, 0.4) is 0 Å². The first kappa shape index (κ1) is 20.3. The lowest BCUT2D eigenvalue weighted by Crippen LogP contribution is -2.25. The number of hydrogen-bond donors (Lipinski definition) is 2. The van der Waals surface area contributed by atoms with Crippen LogP contribution in [-0.4, -0.2) is 18.3 Å². The standard InChI is InChI=1S/C21H16Cl2N4O2S/c22-16-10-6-14(7-11-16)20-19(24)21(15-8-12-17(23)13-9-15)27(25-20)26-30(28,29)18-4-2-1-3-5-18/h1-13,26H,24H2. The smallest absolute Gasteiger partial charge is 0.276 e. The van der Waals surface area contributed by atoms with E-state index in [0.717, 1.165) is 0 Å². The molecule has 0 fully saturated rings. The van der Waals surface area contributed by atoms with Crippen LogP contribution in [0.2, 0.25) is 10.0 Å². The number of hydrogen-bond acceptors (Lipinski definition) is 4. The number of halogens is 2. The minimum atomic E-state index is -3.90. The molecule has 30 heavy (non-hydrogen) atoms. The summed E-state index contributed by atoms with van der Waals surface area (Å²) >= 11 is 12.0. The normalized spacial score (nSPS) is 11.4. The van der Waals surface area contributed by atoms with Crippen molar-refractivity contribution in [2.75, 3.05) is 10.6 Å². The summed E-state index contributed by atoms with van der Waals surface area (Å²) in [7, 11) is -3.90. The molecule has 0 saturated carbocycles. The molecule has 3 aromatic carbocycles. The molecule has 0 unspecified atom stereocenters. The number of aromatic nitrogens is 2. The minimum Gasteiger partial charge on any atom is -0.395 e. The van der Waals surface area contributed by atoms with E-state index in [0.29, 0.717) is 38.2 Å². The van der Waals surface area contributed by atoms with E-state index in [1.807, 2.05) is 0 Å². The summed E-state index contributed by atoms with van der Waals surface area (Å²) in [6.45, 7) is 0. The summed E-state index contributed by atoms with van der Waals surface area (Å²) in [5.74, 6) is 0. The van der Waals surface area contributed by atoms with Crippen LogP contribution in [0, 0.1) is 0 Å². The number of nitrogens with one attached hydrogen (secondary N) is 1. The first-order chi connectivity index (χ1) is 14.3. The molecular weight excluding hydrogens is 443 g/mol. The lowest BCUT2D eigenvalue weighted by molar-refractivity contribution is 0.592. The Morgan fingerprint density at radius 1 is 0.800 bits per heavy atom. The number of nitrogens with two attached hydrogens (primary N) is 1. The summed E-state index contributed by atoms with van der Waals surface area (Å²) < 4.78 is 25.8. The fraction of sp³-hybridized carbons (Fsp3) is 0. The van der Waals surface area contributed by atoms with Gasteiger partial charge in [0.05, 0.1) is 10.6 Å². The van der Waals surface area contributed by atoms with Crippen molar-refractivity contribution in [3.05, 3.63) is 88.9 Å². The average molecular weight is 459 g/mol. The second kappa shape index (κ2) is 8.02. The third kappa shape index (κ3) is 4.00. The van der Waals surface area contributed by atoms with E-state index in [9.17, 15) is 8.42 Å². The zero-order valence-electron chi connectivity index (χ0n) is 15.5. The molecule has 9 heteroatoms. The highest BCUT2D eigenvalue weighted by molar-refractivity contribution is 7.92. The van der Waals surface area contributed by atoms with Crippen molar-refractivity contribution in [3.8, 4) is 22.5 Å². The molecular formula is C21H16Cl2N4O2S. The third-order valence-electron chi connectivity index (χ3n) is 4.42. The van der Waals surface area contributed by atoms with Crippen LogP contribution in [0.5, 0.6) is 0 Å². The van der Waals surface area contributed by atoms with E-state index >= 15 is 0 Å². The van der Waals surface area contributed by atoms with Crippen molar-refractivity contribution in [2.24, 2.45) is 0 Å². The Bertz CT molecular complexity index is 1290. The molecule has 4 aromatic rings. The maximum Gasteiger partial charge on any atom is 0.276 e. The number of rotatable bonds is 5. The summed E-state index contributed by atoms with van der Waals surface area (Å²) in [6.07, 6.45) is 0. The maximum atomic E-state index is 12.9. The van der Waals surface area contributed by atoms with Gasteiger partial charge in [0.2, 0.25) is 0 Å². The van der Waals surface area contributed by atoms with E-state index in [-0.39, 0.29) is 4.90 Å². The highest BCUT2D eigenvalue weighted by Crippen LogP contribution is 2.35. The van der Waals surface area contributed by atoms with Gasteiger partial charge in [0.15, 0.2) is 0 Å². The third-order valence-corrected chi connectivity index (χ3v) is 6.23. The summed E-state index contributed by atoms with van der Waals surface area (Å²) in [5, 5.41) is 5.56. The van der Waals surface area contributed by atoms with Gasteiger partial charge in [-0.15, -0.1) is 5.10 Å². The lowest BCUT2D eigenvalue weighted by Gasteiger charge is -2.11. The largest absolute Gasteiger partial charge is 0.395 e. The molecule has 0 aliphatic carbocycles. The summed E-state index contributed by atoms with van der Waals surface area (Å²) in [4.78, 5) is 3.77. The maximum absolute atomic E-state index is 12.9. The molecule has 0 amide bonds. The molecule has 0 aliphatic rings. The van der Waals surface area contributed by atoms with Gasteiger partial charge in [-0.1, -0.05) is 65.7 Å². The van der Waals surface area contributed by atoms with Crippen LogP contribution >= 0.6 is 23.2 Å². The molecule has 0 saturated heterocycles. The highest BCUT2D eigenvalue weighted by atomic mass is 35.5. The molecule has 152 valence electrons. The molecule has 0 aliphatic heterocycles. The van der Waals surface area contributed by atoms with Crippen LogP contribution < -0.4 is 10.6 Å². The van der Waals surface area contributed by atoms with Crippen molar-refractivity contribution in [1.29, 1.82) is 0 Å². The number of anilines is 1. The second-order valence-corrected chi connectivity index (χ2v) is 8.98. The van der Waals surface area contributed by atoms with Gasteiger partial charge in [-0.3, -0.25) is 0 Å². The van der Waals surface area contributed by atoms with Gasteiger partial charge in [-0.05, 0) is 36.4 Å². The molecule has 6 nitrogen and oxygen atoms in total. The van der Waals surface area contributed by atoms with Crippen molar-refractivity contribution < 1.29 is 8.42 Å². The number of benzene rings is 3. The Morgan fingerprint density at radius 2 is 1.33 bits per heavy atom. The van der Waals surface area contributed by atoms with Gasteiger partial charge >= 0.3 is 0 Å². The van der Waals surface area contributed by atoms with E-state index in [2.05, 4.69) is 9.93 Å². The molecule has 0 radical (unpaired) electrons. The zero-order valence-corrected chi connectivity index (χ0v) is 17.8. The van der Waals surface area contributed by atoms with E-state index in [1.165, 1.54) is 16.9 Å². The Balaban J connectivity index is 1.87. The number of nitrogen functional groups attached to an aromatic ring is 1. The van der Waals surface area contributed by atoms with Crippen LogP contribution in [0.4, 0.5) is 5.69 Å². The van der Waals surface area contributed by atoms with Crippen LogP contribution in [0.1, 0.15) is 0 Å². The van der Waals surface area contributed by atoms with Crippen molar-refractivity contribution >= 4 is 38.9 Å². The van der Waals surface area contributed by atoms with Gasteiger partial charge in [0, 0.05) is 21.2 Å². The van der Waals surface area contributed by atoms with E-state index in [4.69, 9.17) is 28.9 Å². The zero-order chi connectivity index (χ0) is 21.3. The SMILES string of the molecule is Nc1c(-c2ccc(Cl)cc2)nn(NS(=O)(=O)c2ccccc2)c1-c1ccc(Cl)cc1. The number of sulfonamides is 1. The van der Waals surface area contributed by atoms with Gasteiger partial charge < -0.3 is 5.73 Å². The first-order valence-electron chi connectivity index (χ1n) is 8.83. The van der Waals surface area contributed by atoms with Crippen LogP contribution in [0.15, 0.2) is 83.8 Å². The Hall–Kier alpha value is -3.00. The minimum absolute atomic E-state index is 0.106. The van der Waals surface area contributed by atoms with Gasteiger partial charge in [0.1, 0.15) is 11.4 Å². The van der Waals surface area contributed by atoms with E-state index < -0.39 is 10.0 Å². The molecule has 3 N–H and O–H groups in total. The predicted molar refractivity (Wildman–Crippen MR) is 121 cm³/mol. The second-order valence-electron chi connectivity index (χ2n) is 6.44. The fourth-order valence-electron chi connectivity index (χ4n) is 2.97. The summed E-state index contributed by atoms with van der Waals surface area (Å²) in [5.41, 5.74) is 8.91. The molecule has 1 aromatic heterocycles. The van der Waals surface area contributed by atoms with Gasteiger partial charge in [-0.2, -0.15) is 18.0 Å².